The molecule has 0 N–H and O–H groups in total. The molecule has 0 aromatic heterocycles. The highest BCUT2D eigenvalue weighted by molar-refractivity contribution is 7.99. The van der Waals surface area contributed by atoms with E-state index in [9.17, 15) is 0 Å². The van der Waals surface area contributed by atoms with E-state index in [-0.39, 0.29) is 0 Å². The summed E-state index contributed by atoms with van der Waals surface area (Å²) in [7, 11) is 10.1. The van der Waals surface area contributed by atoms with Gasteiger partial charge in [0.25, 0.3) is 0 Å². The molecule has 2 radical (unpaired) electrons. The molecule has 0 saturated carbocycles. The molecule has 3 rings (SSSR count). The summed E-state index contributed by atoms with van der Waals surface area (Å²) >= 11 is 1.84. The van der Waals surface area contributed by atoms with Gasteiger partial charge >= 0.3 is 0 Å². The molecule has 2 nitrogen and oxygen atoms in total. The van der Waals surface area contributed by atoms with Gasteiger partial charge in [0, 0.05) is 9.79 Å². The third-order valence-electron chi connectivity index (χ3n) is 3.43. The number of quaternary nitrogens is 1. The van der Waals surface area contributed by atoms with E-state index < -0.39 is 0 Å². The molecule has 0 fully saturated rings. The second kappa shape index (κ2) is 5.15. The van der Waals surface area contributed by atoms with Crippen molar-refractivity contribution < 1.29 is 4.48 Å². The Bertz CT molecular complexity index is 571. The van der Waals surface area contributed by atoms with Crippen LogP contribution in [0.4, 0.5) is 11.4 Å². The van der Waals surface area contributed by atoms with Gasteiger partial charge in [-0.2, -0.15) is 0 Å². The van der Waals surface area contributed by atoms with Crippen molar-refractivity contribution in [1.29, 1.82) is 0 Å². The monoisotopic (exact) mass is 283 g/mol. The fourth-order valence-electron chi connectivity index (χ4n) is 2.38. The number of hydrogen-bond donors (Lipinski definition) is 0. The molecule has 20 heavy (non-hydrogen) atoms. The van der Waals surface area contributed by atoms with Gasteiger partial charge < -0.3 is 9.38 Å². The lowest BCUT2D eigenvalue weighted by Crippen LogP contribution is -2.39. The Morgan fingerprint density at radius 2 is 1.45 bits per heavy atom. The highest BCUT2D eigenvalue weighted by Crippen LogP contribution is 2.47. The molecule has 1 aliphatic rings. The van der Waals surface area contributed by atoms with Gasteiger partial charge in [0.05, 0.1) is 38.6 Å². The van der Waals surface area contributed by atoms with Gasteiger partial charge in [0.2, 0.25) is 7.05 Å². The molecule has 0 bridgehead atoms. The maximum absolute atomic E-state index is 6.10. The fraction of sp³-hybridized carbons (Fsp3) is 0.235. The van der Waals surface area contributed by atoms with Gasteiger partial charge in [0.1, 0.15) is 0 Å². The van der Waals surface area contributed by atoms with Crippen LogP contribution in [0.25, 0.3) is 0 Å². The second-order valence-electron chi connectivity index (χ2n) is 5.69. The van der Waals surface area contributed by atoms with Crippen molar-refractivity contribution in [2.45, 2.75) is 9.79 Å². The van der Waals surface area contributed by atoms with Gasteiger partial charge in [-0.05, 0) is 24.3 Å². The molecule has 0 aliphatic carbocycles. The second-order valence-corrected chi connectivity index (χ2v) is 6.78. The SMILES string of the molecule is [CH][N+](C)(C)CCN1c2ccccc2Sc2ccccc21. The first-order valence-electron chi connectivity index (χ1n) is 6.80. The quantitative estimate of drug-likeness (QED) is 0.782. The van der Waals surface area contributed by atoms with E-state index >= 15 is 0 Å². The Morgan fingerprint density at radius 1 is 0.950 bits per heavy atom. The number of rotatable bonds is 3. The average molecular weight is 283 g/mol. The maximum Gasteiger partial charge on any atom is 0.206 e. The molecule has 0 atom stereocenters. The molecule has 0 amide bonds. The molecule has 1 heterocycles. The number of para-hydroxylation sites is 2. The van der Waals surface area contributed by atoms with Crippen LogP contribution in [0.3, 0.4) is 0 Å². The predicted octanol–water partition coefficient (Wildman–Crippen LogP) is 4.03. The Labute approximate surface area is 125 Å². The van der Waals surface area contributed by atoms with Crippen LogP contribution in [0.5, 0.6) is 0 Å². The van der Waals surface area contributed by atoms with Crippen LogP contribution in [0.2, 0.25) is 0 Å². The van der Waals surface area contributed by atoms with E-state index in [0.29, 0.717) is 4.48 Å². The molecule has 0 saturated heterocycles. The van der Waals surface area contributed by atoms with Crippen molar-refractivity contribution in [2.24, 2.45) is 0 Å². The van der Waals surface area contributed by atoms with Crippen LogP contribution >= 0.6 is 11.8 Å². The first kappa shape index (κ1) is 13.5. The normalized spacial score (nSPS) is 13.8. The van der Waals surface area contributed by atoms with Gasteiger partial charge in [-0.1, -0.05) is 36.0 Å². The smallest absolute Gasteiger partial charge is 0.206 e. The molecule has 1 aliphatic heterocycles. The van der Waals surface area contributed by atoms with Crippen LogP contribution < -0.4 is 4.90 Å². The minimum Gasteiger partial charge on any atom is -0.334 e. The van der Waals surface area contributed by atoms with Gasteiger partial charge in [-0.3, -0.25) is 0 Å². The number of anilines is 2. The minimum absolute atomic E-state index is 0.480. The Hall–Kier alpha value is -1.45. The van der Waals surface area contributed by atoms with Crippen molar-refractivity contribution in [2.75, 3.05) is 32.1 Å². The van der Waals surface area contributed by atoms with Gasteiger partial charge in [-0.25, -0.2) is 0 Å². The lowest BCUT2D eigenvalue weighted by molar-refractivity contribution is -0.843. The predicted molar refractivity (Wildman–Crippen MR) is 85.3 cm³/mol. The highest BCUT2D eigenvalue weighted by atomic mass is 32.2. The van der Waals surface area contributed by atoms with E-state index in [2.05, 4.69) is 53.4 Å². The highest BCUT2D eigenvalue weighted by Gasteiger charge is 2.24. The minimum atomic E-state index is 0.480. The standard InChI is InChI=1S/C17H19N2S/c1-19(2,3)13-12-18-14-8-4-6-10-16(14)20-17-11-7-5-9-15(17)18/h1,4-11H,12-13H2,2-3H3/q+1. The van der Waals surface area contributed by atoms with Gasteiger partial charge in [0.15, 0.2) is 0 Å². The molecule has 0 spiro atoms. The zero-order valence-corrected chi connectivity index (χ0v) is 12.7. The van der Waals surface area contributed by atoms with Crippen molar-refractivity contribution in [3.8, 4) is 0 Å². The molecule has 0 unspecified atom stereocenters. The van der Waals surface area contributed by atoms with Crippen LogP contribution in [0, 0.1) is 7.05 Å². The summed E-state index contributed by atoms with van der Waals surface area (Å²) in [6.07, 6.45) is 0. The zero-order valence-electron chi connectivity index (χ0n) is 11.9. The number of hydrogen-bond acceptors (Lipinski definition) is 2. The van der Waals surface area contributed by atoms with Crippen LogP contribution in [0.1, 0.15) is 0 Å². The lowest BCUT2D eigenvalue weighted by Gasteiger charge is -2.34. The number of nitrogens with zero attached hydrogens (tertiary/aromatic N) is 2. The summed E-state index contributed by atoms with van der Waals surface area (Å²) in [5.74, 6) is 0. The summed E-state index contributed by atoms with van der Waals surface area (Å²) in [4.78, 5) is 5.01. The lowest BCUT2D eigenvalue weighted by atomic mass is 10.2. The van der Waals surface area contributed by atoms with E-state index in [1.807, 2.05) is 25.9 Å². The average Bonchev–Trinajstić information content (AvgIpc) is 2.42. The van der Waals surface area contributed by atoms with Crippen LogP contribution in [-0.2, 0) is 0 Å². The van der Waals surface area contributed by atoms with Crippen molar-refractivity contribution in [1.82, 2.24) is 0 Å². The fourth-order valence-corrected chi connectivity index (χ4v) is 3.48. The Morgan fingerprint density at radius 3 is 1.95 bits per heavy atom. The molecule has 2 aromatic rings. The summed E-state index contributed by atoms with van der Waals surface area (Å²) in [6, 6.07) is 17.1. The first-order valence-corrected chi connectivity index (χ1v) is 7.61. The maximum atomic E-state index is 6.10. The van der Waals surface area contributed by atoms with E-state index in [1.54, 1.807) is 0 Å². The van der Waals surface area contributed by atoms with Crippen molar-refractivity contribution in [3.63, 3.8) is 0 Å². The largest absolute Gasteiger partial charge is 0.334 e. The first-order chi connectivity index (χ1) is 9.54. The molecule has 3 heteroatoms. The van der Waals surface area contributed by atoms with Crippen LogP contribution in [-0.4, -0.2) is 31.7 Å². The van der Waals surface area contributed by atoms with Crippen molar-refractivity contribution in [3.05, 3.63) is 55.6 Å². The Kier molecular flexibility index (Phi) is 3.48. The van der Waals surface area contributed by atoms with Crippen molar-refractivity contribution >= 4 is 23.1 Å². The molecule has 2 aromatic carbocycles. The number of likely N-dealkylation sites (N-methyl/N-ethyl adjacent to an activating group) is 1. The van der Waals surface area contributed by atoms with Crippen LogP contribution in [0.15, 0.2) is 58.3 Å². The number of benzene rings is 2. The molecule has 102 valence electrons. The van der Waals surface area contributed by atoms with E-state index in [4.69, 9.17) is 7.05 Å². The summed E-state index contributed by atoms with van der Waals surface area (Å²) in [5.41, 5.74) is 2.56. The number of fused-ring (bicyclic) bond motifs is 2. The summed E-state index contributed by atoms with van der Waals surface area (Å²) in [6.45, 7) is 1.81. The molecular weight excluding hydrogens is 264 g/mol. The van der Waals surface area contributed by atoms with E-state index in [0.717, 1.165) is 13.1 Å². The summed E-state index contributed by atoms with van der Waals surface area (Å²) in [5, 5.41) is 0. The van der Waals surface area contributed by atoms with E-state index in [1.165, 1.54) is 21.2 Å². The molecular formula is C17H19N2S+. The topological polar surface area (TPSA) is 3.24 Å². The third-order valence-corrected chi connectivity index (χ3v) is 4.56. The van der Waals surface area contributed by atoms with Gasteiger partial charge in [-0.15, -0.1) is 0 Å². The summed E-state index contributed by atoms with van der Waals surface area (Å²) < 4.78 is 0.480. The Balaban J connectivity index is 1.99. The third kappa shape index (κ3) is 2.69. The zero-order chi connectivity index (χ0) is 14.2.